The predicted molar refractivity (Wildman–Crippen MR) is 81.8 cm³/mol. The van der Waals surface area contributed by atoms with Crippen LogP contribution in [0.3, 0.4) is 0 Å². The van der Waals surface area contributed by atoms with Gasteiger partial charge >= 0.3 is 0 Å². The van der Waals surface area contributed by atoms with E-state index >= 15 is 0 Å². The molecule has 0 atom stereocenters. The van der Waals surface area contributed by atoms with E-state index in [2.05, 4.69) is 4.90 Å². The molecule has 2 aliphatic heterocycles. The van der Waals surface area contributed by atoms with Gasteiger partial charge < -0.3 is 9.80 Å². The topological polar surface area (TPSA) is 40.6 Å². The minimum absolute atomic E-state index is 0.244. The summed E-state index contributed by atoms with van der Waals surface area (Å²) in [6, 6.07) is 0. The summed E-state index contributed by atoms with van der Waals surface area (Å²) in [5.41, 5.74) is 0.452. The molecule has 3 fully saturated rings. The molecule has 0 unspecified atom stereocenters. The van der Waals surface area contributed by atoms with Crippen molar-refractivity contribution in [1.29, 1.82) is 0 Å². The molecular weight excluding hydrogens is 264 g/mol. The average Bonchev–Trinajstić information content (AvgIpc) is 3.07. The van der Waals surface area contributed by atoms with E-state index in [0.29, 0.717) is 24.8 Å². The van der Waals surface area contributed by atoms with Crippen molar-refractivity contribution in [2.45, 2.75) is 64.2 Å². The van der Waals surface area contributed by atoms with Gasteiger partial charge in [0.15, 0.2) is 0 Å². The molecule has 0 aromatic carbocycles. The second kappa shape index (κ2) is 6.37. The molecule has 0 bridgehead atoms. The summed E-state index contributed by atoms with van der Waals surface area (Å²) in [7, 11) is 0. The van der Waals surface area contributed by atoms with Crippen LogP contribution in [0.5, 0.6) is 0 Å². The van der Waals surface area contributed by atoms with Gasteiger partial charge in [-0.25, -0.2) is 0 Å². The van der Waals surface area contributed by atoms with Crippen LogP contribution in [0.1, 0.15) is 64.2 Å². The van der Waals surface area contributed by atoms with Gasteiger partial charge in [0.1, 0.15) is 0 Å². The first kappa shape index (κ1) is 14.9. The van der Waals surface area contributed by atoms with Crippen LogP contribution in [0, 0.1) is 5.41 Å². The normalized spacial score (nSPS) is 25.6. The Morgan fingerprint density at radius 2 is 1.81 bits per heavy atom. The minimum atomic E-state index is 0.244. The van der Waals surface area contributed by atoms with Crippen molar-refractivity contribution in [3.05, 3.63) is 0 Å². The Bertz CT molecular complexity index is 402. The predicted octanol–water partition coefficient (Wildman–Crippen LogP) is 2.57. The maximum absolute atomic E-state index is 12.4. The first-order chi connectivity index (χ1) is 10.2. The molecule has 0 aromatic heterocycles. The fourth-order valence-electron chi connectivity index (χ4n) is 4.34. The lowest BCUT2D eigenvalue weighted by molar-refractivity contribution is -0.133. The smallest absolute Gasteiger partial charge is 0.224 e. The summed E-state index contributed by atoms with van der Waals surface area (Å²) in [5, 5.41) is 0. The zero-order valence-electron chi connectivity index (χ0n) is 13.1. The van der Waals surface area contributed by atoms with Gasteiger partial charge in [0, 0.05) is 39.0 Å². The van der Waals surface area contributed by atoms with Gasteiger partial charge in [-0.1, -0.05) is 19.3 Å². The molecule has 1 saturated carbocycles. The summed E-state index contributed by atoms with van der Waals surface area (Å²) in [5.74, 6) is 0.504. The lowest BCUT2D eigenvalue weighted by Gasteiger charge is -2.25. The van der Waals surface area contributed by atoms with Gasteiger partial charge in [0.25, 0.3) is 0 Å². The molecule has 4 heteroatoms. The summed E-state index contributed by atoms with van der Waals surface area (Å²) in [4.78, 5) is 28.3. The SMILES string of the molecule is O=C1CCCCCN1CCC(=O)N1CCC2(CCCC2)C1. The van der Waals surface area contributed by atoms with Gasteiger partial charge in [-0.15, -0.1) is 0 Å². The summed E-state index contributed by atoms with van der Waals surface area (Å²) < 4.78 is 0. The van der Waals surface area contributed by atoms with Gasteiger partial charge in [-0.3, -0.25) is 9.59 Å². The molecule has 2 saturated heterocycles. The van der Waals surface area contributed by atoms with Crippen LogP contribution in [0.4, 0.5) is 0 Å². The highest BCUT2D eigenvalue weighted by atomic mass is 16.2. The van der Waals surface area contributed by atoms with Gasteiger partial charge in [-0.05, 0) is 37.5 Å². The second-order valence-electron chi connectivity index (χ2n) is 7.21. The largest absolute Gasteiger partial charge is 0.342 e. The Labute approximate surface area is 127 Å². The van der Waals surface area contributed by atoms with E-state index in [-0.39, 0.29) is 11.8 Å². The Morgan fingerprint density at radius 1 is 1.00 bits per heavy atom. The number of carbonyl (C=O) groups excluding carboxylic acids is 2. The Hall–Kier alpha value is -1.06. The van der Waals surface area contributed by atoms with Crippen LogP contribution in [0.2, 0.25) is 0 Å². The van der Waals surface area contributed by atoms with Gasteiger partial charge in [-0.2, -0.15) is 0 Å². The molecule has 0 aromatic rings. The molecule has 2 amide bonds. The second-order valence-corrected chi connectivity index (χ2v) is 7.21. The van der Waals surface area contributed by atoms with Crippen LogP contribution in [-0.2, 0) is 9.59 Å². The van der Waals surface area contributed by atoms with Gasteiger partial charge in [0.05, 0.1) is 0 Å². The average molecular weight is 292 g/mol. The van der Waals surface area contributed by atoms with Crippen LogP contribution < -0.4 is 0 Å². The lowest BCUT2D eigenvalue weighted by Crippen LogP contribution is -2.36. The van der Waals surface area contributed by atoms with Crippen LogP contribution in [-0.4, -0.2) is 47.8 Å². The number of amides is 2. The van der Waals surface area contributed by atoms with Crippen molar-refractivity contribution < 1.29 is 9.59 Å². The van der Waals surface area contributed by atoms with E-state index in [1.807, 2.05) is 4.90 Å². The van der Waals surface area contributed by atoms with E-state index in [0.717, 1.165) is 38.9 Å². The van der Waals surface area contributed by atoms with E-state index in [1.165, 1.54) is 32.1 Å². The fourth-order valence-corrected chi connectivity index (χ4v) is 4.34. The monoisotopic (exact) mass is 292 g/mol. The highest BCUT2D eigenvalue weighted by molar-refractivity contribution is 5.79. The van der Waals surface area contributed by atoms with Crippen molar-refractivity contribution in [3.8, 4) is 0 Å². The summed E-state index contributed by atoms with van der Waals surface area (Å²) >= 11 is 0. The zero-order chi connectivity index (χ0) is 14.7. The molecule has 4 nitrogen and oxygen atoms in total. The highest BCUT2D eigenvalue weighted by Gasteiger charge is 2.41. The number of hydrogen-bond acceptors (Lipinski definition) is 2. The maximum atomic E-state index is 12.4. The fraction of sp³-hybridized carbons (Fsp3) is 0.882. The molecule has 118 valence electrons. The van der Waals surface area contributed by atoms with Crippen molar-refractivity contribution in [1.82, 2.24) is 9.80 Å². The molecule has 3 rings (SSSR count). The highest BCUT2D eigenvalue weighted by Crippen LogP contribution is 2.45. The van der Waals surface area contributed by atoms with Crippen molar-refractivity contribution in [2.75, 3.05) is 26.2 Å². The van der Waals surface area contributed by atoms with E-state index in [4.69, 9.17) is 0 Å². The van der Waals surface area contributed by atoms with Crippen LogP contribution in [0.15, 0.2) is 0 Å². The third-order valence-corrected chi connectivity index (χ3v) is 5.72. The number of hydrogen-bond donors (Lipinski definition) is 0. The number of rotatable bonds is 3. The van der Waals surface area contributed by atoms with Crippen molar-refractivity contribution in [2.24, 2.45) is 5.41 Å². The third-order valence-electron chi connectivity index (χ3n) is 5.72. The third kappa shape index (κ3) is 3.41. The minimum Gasteiger partial charge on any atom is -0.342 e. The van der Waals surface area contributed by atoms with Crippen LogP contribution >= 0.6 is 0 Å². The molecule has 0 radical (unpaired) electrons. The Balaban J connectivity index is 1.47. The molecular formula is C17H28N2O2. The molecule has 21 heavy (non-hydrogen) atoms. The van der Waals surface area contributed by atoms with Crippen molar-refractivity contribution in [3.63, 3.8) is 0 Å². The van der Waals surface area contributed by atoms with Crippen molar-refractivity contribution >= 4 is 11.8 Å². The first-order valence-electron chi connectivity index (χ1n) is 8.74. The molecule has 2 heterocycles. The Kier molecular flexibility index (Phi) is 4.51. The number of carbonyl (C=O) groups is 2. The molecule has 1 spiro atoms. The Morgan fingerprint density at radius 3 is 2.62 bits per heavy atom. The zero-order valence-corrected chi connectivity index (χ0v) is 13.1. The molecule has 0 N–H and O–H groups in total. The number of likely N-dealkylation sites (tertiary alicyclic amines) is 2. The maximum Gasteiger partial charge on any atom is 0.224 e. The van der Waals surface area contributed by atoms with E-state index < -0.39 is 0 Å². The standard InChI is InChI=1S/C17H28N2O2/c20-15-6-2-1-5-11-18(15)12-7-16(21)19-13-10-17(14-19)8-3-4-9-17/h1-14H2. The number of nitrogens with zero attached hydrogens (tertiary/aromatic N) is 2. The van der Waals surface area contributed by atoms with E-state index in [1.54, 1.807) is 0 Å². The quantitative estimate of drug-likeness (QED) is 0.802. The van der Waals surface area contributed by atoms with E-state index in [9.17, 15) is 9.59 Å². The van der Waals surface area contributed by atoms with Gasteiger partial charge in [0.2, 0.25) is 11.8 Å². The lowest BCUT2D eigenvalue weighted by atomic mass is 9.86. The molecule has 3 aliphatic rings. The summed E-state index contributed by atoms with van der Waals surface area (Å²) in [6.45, 7) is 3.38. The van der Waals surface area contributed by atoms with Crippen LogP contribution in [0.25, 0.3) is 0 Å². The molecule has 1 aliphatic carbocycles. The first-order valence-corrected chi connectivity index (χ1v) is 8.74. The summed E-state index contributed by atoms with van der Waals surface area (Å²) in [6.07, 6.45) is 10.9.